The van der Waals surface area contributed by atoms with Gasteiger partial charge in [0.15, 0.2) is 0 Å². The van der Waals surface area contributed by atoms with Crippen LogP contribution in [-0.4, -0.2) is 10.1 Å². The first-order chi connectivity index (χ1) is 7.18. The van der Waals surface area contributed by atoms with E-state index in [-0.39, 0.29) is 5.82 Å². The molecule has 2 nitrogen and oxygen atoms in total. The van der Waals surface area contributed by atoms with Gasteiger partial charge >= 0.3 is 0 Å². The van der Waals surface area contributed by atoms with Gasteiger partial charge in [-0.15, -0.1) is 0 Å². The monoisotopic (exact) mass is 317 g/mol. The number of aromatic amines is 1. The van der Waals surface area contributed by atoms with Crippen LogP contribution >= 0.6 is 22.6 Å². The van der Waals surface area contributed by atoms with Gasteiger partial charge in [-0.25, -0.2) is 4.39 Å². The number of nitrogens with one attached hydrogen (secondary N) is 1. The van der Waals surface area contributed by atoms with Crippen LogP contribution in [0.3, 0.4) is 0 Å². The molecule has 0 saturated heterocycles. The Morgan fingerprint density at radius 3 is 2.73 bits per heavy atom. The lowest BCUT2D eigenvalue weighted by Crippen LogP contribution is -2.02. The fourth-order valence-corrected chi connectivity index (χ4v) is 2.18. The first kappa shape index (κ1) is 10.6. The number of rotatable bonds is 2. The van der Waals surface area contributed by atoms with Crippen molar-refractivity contribution in [2.75, 3.05) is 0 Å². The summed E-state index contributed by atoms with van der Waals surface area (Å²) in [5, 5.41) is 9.99. The van der Waals surface area contributed by atoms with Crippen molar-refractivity contribution in [1.29, 1.82) is 0 Å². The molecule has 1 unspecified atom stereocenters. The number of aliphatic hydroxyl groups is 1. The number of hydrogen-bond donors (Lipinski definition) is 2. The lowest BCUT2D eigenvalue weighted by molar-refractivity contribution is 0.215. The zero-order chi connectivity index (χ0) is 10.8. The minimum atomic E-state index is -0.729. The highest BCUT2D eigenvalue weighted by Crippen LogP contribution is 2.25. The third-order valence-electron chi connectivity index (χ3n) is 2.17. The van der Waals surface area contributed by atoms with E-state index in [2.05, 4.69) is 4.98 Å². The van der Waals surface area contributed by atoms with Crippen molar-refractivity contribution in [3.8, 4) is 0 Å². The van der Waals surface area contributed by atoms with Crippen molar-refractivity contribution in [3.63, 3.8) is 0 Å². The van der Waals surface area contributed by atoms with Gasteiger partial charge in [0.2, 0.25) is 0 Å². The second-order valence-electron chi connectivity index (χ2n) is 3.19. The number of halogens is 2. The molecule has 0 aliphatic rings. The molecule has 4 heteroatoms. The first-order valence-corrected chi connectivity index (χ1v) is 5.52. The fourth-order valence-electron chi connectivity index (χ4n) is 1.41. The number of aromatic nitrogens is 1. The van der Waals surface area contributed by atoms with E-state index < -0.39 is 6.10 Å². The van der Waals surface area contributed by atoms with Gasteiger partial charge in [-0.05, 0) is 52.4 Å². The van der Waals surface area contributed by atoms with Gasteiger partial charge in [-0.3, -0.25) is 0 Å². The van der Waals surface area contributed by atoms with Crippen molar-refractivity contribution in [1.82, 2.24) is 4.98 Å². The molecule has 78 valence electrons. The van der Waals surface area contributed by atoms with Crippen molar-refractivity contribution >= 4 is 22.6 Å². The van der Waals surface area contributed by atoms with Crippen molar-refractivity contribution in [2.24, 2.45) is 0 Å². The van der Waals surface area contributed by atoms with Crippen molar-refractivity contribution in [2.45, 2.75) is 6.10 Å². The number of benzene rings is 1. The molecule has 0 spiro atoms. The predicted molar refractivity (Wildman–Crippen MR) is 64.0 cm³/mol. The molecule has 1 heterocycles. The Kier molecular flexibility index (Phi) is 3.06. The largest absolute Gasteiger partial charge is 0.382 e. The number of H-pyrrole nitrogens is 1. The quantitative estimate of drug-likeness (QED) is 0.821. The Hall–Kier alpha value is -0.880. The molecule has 15 heavy (non-hydrogen) atoms. The normalized spacial score (nSPS) is 12.7. The van der Waals surface area contributed by atoms with Crippen molar-refractivity contribution < 1.29 is 9.50 Å². The molecule has 0 aliphatic carbocycles. The standard InChI is InChI=1S/C11H9FINO/c12-7-3-4-8(9(13)6-7)11(15)10-2-1-5-14-10/h1-6,11,14-15H. The van der Waals surface area contributed by atoms with Crippen LogP contribution in [0.1, 0.15) is 17.4 Å². The van der Waals surface area contributed by atoms with Crippen LogP contribution < -0.4 is 0 Å². The van der Waals surface area contributed by atoms with Crippen LogP contribution in [0.25, 0.3) is 0 Å². The van der Waals surface area contributed by atoms with Crippen LogP contribution in [0.2, 0.25) is 0 Å². The predicted octanol–water partition coefficient (Wildman–Crippen LogP) is 2.84. The van der Waals surface area contributed by atoms with E-state index in [1.807, 2.05) is 28.7 Å². The Bertz CT molecular complexity index is 456. The topological polar surface area (TPSA) is 36.0 Å². The first-order valence-electron chi connectivity index (χ1n) is 4.45. The molecule has 2 rings (SSSR count). The second kappa shape index (κ2) is 4.32. The molecule has 0 bridgehead atoms. The maximum Gasteiger partial charge on any atom is 0.124 e. The molecule has 1 aromatic carbocycles. The van der Waals surface area contributed by atoms with Crippen LogP contribution in [0.4, 0.5) is 4.39 Å². The Labute approximate surface area is 100 Å². The molecular weight excluding hydrogens is 308 g/mol. The second-order valence-corrected chi connectivity index (χ2v) is 4.36. The van der Waals surface area contributed by atoms with E-state index in [4.69, 9.17) is 0 Å². The maximum absolute atomic E-state index is 12.9. The van der Waals surface area contributed by atoms with E-state index in [1.165, 1.54) is 12.1 Å². The molecular formula is C11H9FINO. The minimum Gasteiger partial charge on any atom is -0.382 e. The Morgan fingerprint density at radius 2 is 2.13 bits per heavy atom. The summed E-state index contributed by atoms with van der Waals surface area (Å²) in [5.74, 6) is -0.290. The highest BCUT2D eigenvalue weighted by Gasteiger charge is 2.14. The van der Waals surface area contributed by atoms with Crippen LogP contribution in [-0.2, 0) is 0 Å². The smallest absolute Gasteiger partial charge is 0.124 e. The fraction of sp³-hybridized carbons (Fsp3) is 0.0909. The average molecular weight is 317 g/mol. The number of hydrogen-bond acceptors (Lipinski definition) is 1. The molecule has 0 amide bonds. The van der Waals surface area contributed by atoms with E-state index in [0.29, 0.717) is 11.3 Å². The van der Waals surface area contributed by atoms with Gasteiger partial charge in [0.05, 0.1) is 0 Å². The highest BCUT2D eigenvalue weighted by atomic mass is 127. The summed E-state index contributed by atoms with van der Waals surface area (Å²) < 4.78 is 13.6. The average Bonchev–Trinajstić information content (AvgIpc) is 2.69. The Balaban J connectivity index is 2.38. The summed E-state index contributed by atoms with van der Waals surface area (Å²) in [6, 6.07) is 7.97. The number of aliphatic hydroxyl groups excluding tert-OH is 1. The highest BCUT2D eigenvalue weighted by molar-refractivity contribution is 14.1. The zero-order valence-electron chi connectivity index (χ0n) is 7.74. The van der Waals surface area contributed by atoms with Gasteiger partial charge in [0.25, 0.3) is 0 Å². The lowest BCUT2D eigenvalue weighted by Gasteiger charge is -2.11. The van der Waals surface area contributed by atoms with Gasteiger partial charge < -0.3 is 10.1 Å². The summed E-state index contributed by atoms with van der Waals surface area (Å²) in [6.45, 7) is 0. The Morgan fingerprint density at radius 1 is 1.33 bits per heavy atom. The van der Waals surface area contributed by atoms with Crippen molar-refractivity contribution in [3.05, 3.63) is 57.2 Å². The molecule has 1 atom stereocenters. The van der Waals surface area contributed by atoms with E-state index in [0.717, 1.165) is 3.57 Å². The molecule has 0 radical (unpaired) electrons. The maximum atomic E-state index is 12.9. The van der Waals surface area contributed by atoms with Crippen LogP contribution in [0, 0.1) is 9.39 Å². The molecule has 0 aliphatic heterocycles. The third kappa shape index (κ3) is 2.21. The summed E-state index contributed by atoms with van der Waals surface area (Å²) >= 11 is 2.01. The summed E-state index contributed by atoms with van der Waals surface area (Å²) in [4.78, 5) is 2.93. The molecule has 0 saturated carbocycles. The molecule has 2 N–H and O–H groups in total. The SMILES string of the molecule is OC(c1ccc[nH]1)c1ccc(F)cc1I. The molecule has 2 aromatic rings. The van der Waals surface area contributed by atoms with E-state index in [9.17, 15) is 9.50 Å². The van der Waals surface area contributed by atoms with Gasteiger partial charge in [-0.2, -0.15) is 0 Å². The molecule has 0 fully saturated rings. The van der Waals surface area contributed by atoms with E-state index in [1.54, 1.807) is 18.3 Å². The lowest BCUT2D eigenvalue weighted by atomic mass is 10.1. The van der Waals surface area contributed by atoms with Gasteiger partial charge in [-0.1, -0.05) is 6.07 Å². The third-order valence-corrected chi connectivity index (χ3v) is 3.11. The van der Waals surface area contributed by atoms with Gasteiger partial charge in [0, 0.05) is 15.5 Å². The summed E-state index contributed by atoms with van der Waals surface area (Å²) in [6.07, 6.45) is 1.02. The summed E-state index contributed by atoms with van der Waals surface area (Å²) in [7, 11) is 0. The van der Waals surface area contributed by atoms with E-state index >= 15 is 0 Å². The zero-order valence-corrected chi connectivity index (χ0v) is 9.90. The molecule has 1 aromatic heterocycles. The van der Waals surface area contributed by atoms with Crippen LogP contribution in [0.15, 0.2) is 36.5 Å². The summed E-state index contributed by atoms with van der Waals surface area (Å²) in [5.41, 5.74) is 1.42. The van der Waals surface area contributed by atoms with Gasteiger partial charge in [0.1, 0.15) is 11.9 Å². The van der Waals surface area contributed by atoms with Crippen LogP contribution in [0.5, 0.6) is 0 Å². The minimum absolute atomic E-state index is 0.290.